The summed E-state index contributed by atoms with van der Waals surface area (Å²) in [5, 5.41) is 2.94. The van der Waals surface area contributed by atoms with Gasteiger partial charge in [0.25, 0.3) is 10.0 Å². The Balaban J connectivity index is 2.05. The van der Waals surface area contributed by atoms with Crippen LogP contribution in [-0.4, -0.2) is 64.5 Å². The van der Waals surface area contributed by atoms with E-state index in [1.807, 2.05) is 44.2 Å². The van der Waals surface area contributed by atoms with Crippen molar-refractivity contribution in [3.8, 4) is 11.5 Å². The van der Waals surface area contributed by atoms with Gasteiger partial charge in [-0.2, -0.15) is 0 Å². The predicted molar refractivity (Wildman–Crippen MR) is 160 cm³/mol. The molecule has 0 fully saturated rings. The number of carbonyl (C=O) groups is 2. The SMILES string of the molecule is CC[C@H](C)NC(=O)[C@H](C)N(CCc1ccccc1)C(=O)CN(c1cc(OC)ccc1OC)S(=O)(=O)c1ccccc1. The number of amides is 2. The van der Waals surface area contributed by atoms with Gasteiger partial charge in [-0.15, -0.1) is 0 Å². The van der Waals surface area contributed by atoms with E-state index >= 15 is 0 Å². The first kappa shape index (κ1) is 31.5. The minimum atomic E-state index is -4.23. The van der Waals surface area contributed by atoms with Crippen molar-refractivity contribution in [1.82, 2.24) is 10.2 Å². The summed E-state index contributed by atoms with van der Waals surface area (Å²) in [5.74, 6) is -0.199. The maximum Gasteiger partial charge on any atom is 0.264 e. The number of nitrogens with one attached hydrogen (secondary N) is 1. The van der Waals surface area contributed by atoms with Crippen molar-refractivity contribution in [3.63, 3.8) is 0 Å². The number of anilines is 1. The third-order valence-corrected chi connectivity index (χ3v) is 8.69. The summed E-state index contributed by atoms with van der Waals surface area (Å²) in [6.45, 7) is 5.16. The van der Waals surface area contributed by atoms with E-state index in [0.717, 1.165) is 16.3 Å². The minimum absolute atomic E-state index is 0.0103. The summed E-state index contributed by atoms with van der Waals surface area (Å²) in [6.07, 6.45) is 1.22. The summed E-state index contributed by atoms with van der Waals surface area (Å²) in [4.78, 5) is 28.6. The molecule has 2 amide bonds. The summed E-state index contributed by atoms with van der Waals surface area (Å²) in [6, 6.07) is 21.3. The fourth-order valence-electron chi connectivity index (χ4n) is 4.26. The topological polar surface area (TPSA) is 105 Å². The zero-order valence-corrected chi connectivity index (χ0v) is 25.1. The quantitative estimate of drug-likeness (QED) is 0.305. The molecule has 0 spiro atoms. The Kier molecular flexibility index (Phi) is 11.2. The number of hydrogen-bond donors (Lipinski definition) is 1. The Morgan fingerprint density at radius 3 is 2.12 bits per heavy atom. The number of methoxy groups -OCH3 is 2. The summed E-state index contributed by atoms with van der Waals surface area (Å²) >= 11 is 0. The van der Waals surface area contributed by atoms with Gasteiger partial charge in [0.1, 0.15) is 24.1 Å². The number of carbonyl (C=O) groups excluding carboxylic acids is 2. The van der Waals surface area contributed by atoms with Gasteiger partial charge in [0, 0.05) is 18.7 Å². The van der Waals surface area contributed by atoms with Crippen molar-refractivity contribution in [2.45, 2.75) is 50.6 Å². The summed E-state index contributed by atoms with van der Waals surface area (Å²) < 4.78 is 39.9. The van der Waals surface area contributed by atoms with E-state index < -0.39 is 28.5 Å². The van der Waals surface area contributed by atoms with Gasteiger partial charge in [0.05, 0.1) is 24.8 Å². The monoisotopic (exact) mass is 581 g/mol. The third kappa shape index (κ3) is 8.00. The number of sulfonamides is 1. The first-order chi connectivity index (χ1) is 19.6. The van der Waals surface area contributed by atoms with Crippen LogP contribution in [-0.2, 0) is 26.0 Å². The molecule has 220 valence electrons. The molecule has 0 saturated heterocycles. The van der Waals surface area contributed by atoms with Crippen LogP contribution >= 0.6 is 0 Å². The van der Waals surface area contributed by atoms with Gasteiger partial charge >= 0.3 is 0 Å². The minimum Gasteiger partial charge on any atom is -0.497 e. The van der Waals surface area contributed by atoms with E-state index in [-0.39, 0.29) is 34.8 Å². The summed E-state index contributed by atoms with van der Waals surface area (Å²) in [5.41, 5.74) is 1.13. The van der Waals surface area contributed by atoms with Gasteiger partial charge in [-0.05, 0) is 56.5 Å². The van der Waals surface area contributed by atoms with E-state index in [2.05, 4.69) is 5.32 Å². The Labute approximate surface area is 243 Å². The zero-order valence-electron chi connectivity index (χ0n) is 24.2. The Hall–Kier alpha value is -4.05. The lowest BCUT2D eigenvalue weighted by atomic mass is 10.1. The number of rotatable bonds is 14. The van der Waals surface area contributed by atoms with E-state index in [0.29, 0.717) is 12.2 Å². The highest BCUT2D eigenvalue weighted by molar-refractivity contribution is 7.92. The standard InChI is InChI=1S/C31H39N3O6S/c1-6-23(2)32-31(36)24(3)33(20-19-25-13-9-7-10-14-25)30(35)22-34(41(37,38)27-15-11-8-12-16-27)28-21-26(39-4)17-18-29(28)40-5/h7-18,21,23-24H,6,19-20,22H2,1-5H3,(H,32,36)/t23-,24-/m0/s1. The molecular weight excluding hydrogens is 542 g/mol. The molecule has 10 heteroatoms. The molecule has 3 rings (SSSR count). The van der Waals surface area contributed by atoms with Gasteiger partial charge < -0.3 is 19.7 Å². The van der Waals surface area contributed by atoms with Crippen LogP contribution in [0.1, 0.15) is 32.8 Å². The highest BCUT2D eigenvalue weighted by Crippen LogP contribution is 2.35. The van der Waals surface area contributed by atoms with E-state index in [9.17, 15) is 18.0 Å². The maximum atomic E-state index is 14.0. The van der Waals surface area contributed by atoms with Crippen LogP contribution < -0.4 is 19.1 Å². The van der Waals surface area contributed by atoms with E-state index in [1.54, 1.807) is 37.3 Å². The van der Waals surface area contributed by atoms with Crippen molar-refractivity contribution in [1.29, 1.82) is 0 Å². The van der Waals surface area contributed by atoms with Gasteiger partial charge in [-0.1, -0.05) is 55.5 Å². The Morgan fingerprint density at radius 2 is 1.54 bits per heavy atom. The molecule has 0 radical (unpaired) electrons. The van der Waals surface area contributed by atoms with Crippen LogP contribution in [0.2, 0.25) is 0 Å². The lowest BCUT2D eigenvalue weighted by Gasteiger charge is -2.33. The van der Waals surface area contributed by atoms with E-state index in [1.165, 1.54) is 37.3 Å². The fraction of sp³-hybridized carbons (Fsp3) is 0.355. The van der Waals surface area contributed by atoms with Crippen LogP contribution in [0.25, 0.3) is 0 Å². The molecule has 0 unspecified atom stereocenters. The normalized spacial score (nSPS) is 12.6. The molecular formula is C31H39N3O6S. The molecule has 0 saturated carbocycles. The first-order valence-electron chi connectivity index (χ1n) is 13.6. The lowest BCUT2D eigenvalue weighted by molar-refractivity contribution is -0.139. The molecule has 2 atom stereocenters. The third-order valence-electron chi connectivity index (χ3n) is 6.92. The number of benzene rings is 3. The number of ether oxygens (including phenoxy) is 2. The average molecular weight is 582 g/mol. The molecule has 0 aliphatic carbocycles. The molecule has 1 N–H and O–H groups in total. The molecule has 0 bridgehead atoms. The van der Waals surface area contributed by atoms with Gasteiger partial charge in [-0.25, -0.2) is 8.42 Å². The smallest absolute Gasteiger partial charge is 0.264 e. The molecule has 3 aromatic carbocycles. The fourth-order valence-corrected chi connectivity index (χ4v) is 5.70. The van der Waals surface area contributed by atoms with Gasteiger partial charge in [-0.3, -0.25) is 13.9 Å². The van der Waals surface area contributed by atoms with Crippen LogP contribution in [0.15, 0.2) is 83.8 Å². The molecule has 3 aromatic rings. The van der Waals surface area contributed by atoms with E-state index in [4.69, 9.17) is 9.47 Å². The largest absolute Gasteiger partial charge is 0.497 e. The molecule has 0 heterocycles. The second-order valence-electron chi connectivity index (χ2n) is 9.68. The first-order valence-corrected chi connectivity index (χ1v) is 15.0. The molecule has 41 heavy (non-hydrogen) atoms. The highest BCUT2D eigenvalue weighted by Gasteiger charge is 2.34. The van der Waals surface area contributed by atoms with Crippen LogP contribution in [0.5, 0.6) is 11.5 Å². The van der Waals surface area contributed by atoms with Crippen molar-refractivity contribution in [3.05, 3.63) is 84.4 Å². The van der Waals surface area contributed by atoms with Crippen molar-refractivity contribution < 1.29 is 27.5 Å². The number of nitrogens with zero attached hydrogens (tertiary/aromatic N) is 2. The molecule has 9 nitrogen and oxygen atoms in total. The Bertz CT molecular complexity index is 1400. The lowest BCUT2D eigenvalue weighted by Crippen LogP contribution is -2.53. The highest BCUT2D eigenvalue weighted by atomic mass is 32.2. The predicted octanol–water partition coefficient (Wildman–Crippen LogP) is 4.27. The van der Waals surface area contributed by atoms with Gasteiger partial charge in [0.15, 0.2) is 0 Å². The molecule has 0 aromatic heterocycles. The molecule has 0 aliphatic heterocycles. The number of hydrogen-bond acceptors (Lipinski definition) is 6. The Morgan fingerprint density at radius 1 is 0.902 bits per heavy atom. The maximum absolute atomic E-state index is 14.0. The van der Waals surface area contributed by atoms with Crippen LogP contribution in [0, 0.1) is 0 Å². The zero-order chi connectivity index (χ0) is 30.0. The van der Waals surface area contributed by atoms with Gasteiger partial charge in [0.2, 0.25) is 11.8 Å². The average Bonchev–Trinajstić information content (AvgIpc) is 3.00. The van der Waals surface area contributed by atoms with Crippen molar-refractivity contribution >= 4 is 27.5 Å². The van der Waals surface area contributed by atoms with Crippen molar-refractivity contribution in [2.24, 2.45) is 0 Å². The second-order valence-corrected chi connectivity index (χ2v) is 11.5. The summed E-state index contributed by atoms with van der Waals surface area (Å²) in [7, 11) is -1.33. The van der Waals surface area contributed by atoms with Crippen molar-refractivity contribution in [2.75, 3.05) is 31.6 Å². The second kappa shape index (κ2) is 14.5. The molecule has 0 aliphatic rings. The van der Waals surface area contributed by atoms with Crippen LogP contribution in [0.3, 0.4) is 0 Å². The van der Waals surface area contributed by atoms with Crippen LogP contribution in [0.4, 0.5) is 5.69 Å².